The van der Waals surface area contributed by atoms with E-state index < -0.39 is 22.2 Å². The molecule has 1 N–H and O–H groups in total. The van der Waals surface area contributed by atoms with Crippen LogP contribution >= 0.6 is 11.6 Å². The fourth-order valence-corrected chi connectivity index (χ4v) is 0.830. The lowest BCUT2D eigenvalue weighted by molar-refractivity contribution is -0.386. The number of phenolic OH excluding ortho intramolecular Hbond substituents is 1. The minimum Gasteiger partial charge on any atom is -0.500 e. The van der Waals surface area contributed by atoms with E-state index >= 15 is 0 Å². The molecule has 4 nitrogen and oxygen atoms in total. The second-order valence-corrected chi connectivity index (χ2v) is 2.39. The average molecular weight is 192 g/mol. The van der Waals surface area contributed by atoms with Gasteiger partial charge in [-0.15, -0.1) is 0 Å². The van der Waals surface area contributed by atoms with Crippen LogP contribution in [0.2, 0.25) is 5.02 Å². The van der Waals surface area contributed by atoms with Gasteiger partial charge in [0, 0.05) is 6.07 Å². The first kappa shape index (κ1) is 8.73. The summed E-state index contributed by atoms with van der Waals surface area (Å²) in [5.74, 6) is -2.21. The summed E-state index contributed by atoms with van der Waals surface area (Å²) in [5.41, 5.74) is -0.697. The third-order valence-electron chi connectivity index (χ3n) is 1.24. The number of nitro groups is 1. The van der Waals surface area contributed by atoms with Crippen molar-refractivity contribution in [1.82, 2.24) is 0 Å². The molecule has 1 aromatic carbocycles. The lowest BCUT2D eigenvalue weighted by Crippen LogP contribution is -1.90. The van der Waals surface area contributed by atoms with Crippen LogP contribution in [0, 0.1) is 15.9 Å². The lowest BCUT2D eigenvalue weighted by atomic mass is 10.3. The summed E-state index contributed by atoms with van der Waals surface area (Å²) in [6.07, 6.45) is 0. The van der Waals surface area contributed by atoms with Gasteiger partial charge < -0.3 is 5.11 Å². The zero-order valence-corrected chi connectivity index (χ0v) is 6.38. The van der Waals surface area contributed by atoms with Gasteiger partial charge in [-0.1, -0.05) is 11.6 Å². The zero-order chi connectivity index (χ0) is 9.30. The Balaban J connectivity index is 3.36. The van der Waals surface area contributed by atoms with E-state index in [0.717, 1.165) is 12.1 Å². The van der Waals surface area contributed by atoms with Crippen molar-refractivity contribution in [2.45, 2.75) is 0 Å². The number of hydrogen-bond acceptors (Lipinski definition) is 3. The Morgan fingerprint density at radius 1 is 1.58 bits per heavy atom. The fourth-order valence-electron chi connectivity index (χ4n) is 0.677. The molecule has 12 heavy (non-hydrogen) atoms. The summed E-state index contributed by atoms with van der Waals surface area (Å²) in [6.45, 7) is 0. The predicted molar refractivity (Wildman–Crippen MR) is 39.7 cm³/mol. The smallest absolute Gasteiger partial charge is 0.313 e. The molecule has 0 aromatic heterocycles. The van der Waals surface area contributed by atoms with Crippen LogP contribution in [-0.2, 0) is 0 Å². The number of benzene rings is 1. The van der Waals surface area contributed by atoms with Gasteiger partial charge in [0.25, 0.3) is 0 Å². The maximum atomic E-state index is 12.7. The summed E-state index contributed by atoms with van der Waals surface area (Å²) in [7, 11) is 0. The van der Waals surface area contributed by atoms with Gasteiger partial charge in [0.15, 0.2) is 5.82 Å². The van der Waals surface area contributed by atoms with Gasteiger partial charge in [-0.25, -0.2) is 4.39 Å². The molecule has 1 rings (SSSR count). The third kappa shape index (κ3) is 1.31. The largest absolute Gasteiger partial charge is 0.500 e. The summed E-state index contributed by atoms with van der Waals surface area (Å²) in [6, 6.07) is 1.94. The molecule has 0 unspecified atom stereocenters. The van der Waals surface area contributed by atoms with E-state index in [0.29, 0.717) is 0 Å². The third-order valence-corrected chi connectivity index (χ3v) is 1.54. The first-order valence-corrected chi connectivity index (χ1v) is 3.23. The van der Waals surface area contributed by atoms with Gasteiger partial charge in [-0.05, 0) is 6.07 Å². The molecule has 6 heteroatoms. The molecule has 0 heterocycles. The average Bonchev–Trinajstić information content (AvgIpc) is 2.00. The molecule has 64 valence electrons. The minimum atomic E-state index is -1.18. The monoisotopic (exact) mass is 191 g/mol. The summed E-state index contributed by atoms with van der Waals surface area (Å²) in [4.78, 5) is 9.23. The van der Waals surface area contributed by atoms with Gasteiger partial charge in [0.1, 0.15) is 0 Å². The number of nitrogens with zero attached hydrogens (tertiary/aromatic N) is 1. The number of rotatable bonds is 1. The van der Waals surface area contributed by atoms with Crippen molar-refractivity contribution in [2.24, 2.45) is 0 Å². The van der Waals surface area contributed by atoms with Crippen LogP contribution in [-0.4, -0.2) is 10.0 Å². The van der Waals surface area contributed by atoms with Crippen LogP contribution in [0.5, 0.6) is 5.75 Å². The van der Waals surface area contributed by atoms with Crippen LogP contribution in [0.1, 0.15) is 0 Å². The van der Waals surface area contributed by atoms with Gasteiger partial charge in [-0.2, -0.15) is 0 Å². The van der Waals surface area contributed by atoms with E-state index in [4.69, 9.17) is 16.7 Å². The minimum absolute atomic E-state index is 0.349. The normalized spacial score (nSPS) is 9.83. The number of phenols is 1. The van der Waals surface area contributed by atoms with Crippen molar-refractivity contribution in [3.8, 4) is 5.75 Å². The number of aromatic hydroxyl groups is 1. The van der Waals surface area contributed by atoms with E-state index in [-0.39, 0.29) is 5.02 Å². The van der Waals surface area contributed by atoms with E-state index in [1.807, 2.05) is 0 Å². The molecule has 0 atom stereocenters. The number of halogens is 2. The summed E-state index contributed by atoms with van der Waals surface area (Å²) < 4.78 is 12.7. The SMILES string of the molecule is O=[N+]([O-])c1ccc(Cl)c(F)c1O. The Morgan fingerprint density at radius 3 is 2.67 bits per heavy atom. The molecule has 0 aliphatic rings. The van der Waals surface area contributed by atoms with Gasteiger partial charge in [0.2, 0.25) is 5.75 Å². The quantitative estimate of drug-likeness (QED) is 0.546. The molecular weight excluding hydrogens is 189 g/mol. The second kappa shape index (κ2) is 2.94. The number of hydrogen-bond donors (Lipinski definition) is 1. The van der Waals surface area contributed by atoms with Crippen molar-refractivity contribution >= 4 is 17.3 Å². The second-order valence-electron chi connectivity index (χ2n) is 1.99. The lowest BCUT2D eigenvalue weighted by Gasteiger charge is -1.97. The Hall–Kier alpha value is -1.36. The molecule has 0 fully saturated rings. The highest BCUT2D eigenvalue weighted by molar-refractivity contribution is 6.31. The standard InChI is InChI=1S/C6H3ClFNO3/c7-3-1-2-4(9(11)12)6(10)5(3)8/h1-2,10H. The molecule has 0 amide bonds. The first-order valence-electron chi connectivity index (χ1n) is 2.85. The van der Waals surface area contributed by atoms with E-state index in [1.54, 1.807) is 0 Å². The van der Waals surface area contributed by atoms with Gasteiger partial charge in [-0.3, -0.25) is 10.1 Å². The predicted octanol–water partition coefficient (Wildman–Crippen LogP) is 2.09. The molecule has 0 saturated heterocycles. The molecular formula is C6H3ClFNO3. The highest BCUT2D eigenvalue weighted by Crippen LogP contribution is 2.32. The van der Waals surface area contributed by atoms with E-state index in [1.165, 1.54) is 0 Å². The molecule has 0 aliphatic carbocycles. The first-order chi connectivity index (χ1) is 5.54. The Morgan fingerprint density at radius 2 is 2.17 bits per heavy atom. The Bertz CT molecular complexity index is 342. The summed E-state index contributed by atoms with van der Waals surface area (Å²) in [5, 5.41) is 18.6. The van der Waals surface area contributed by atoms with Crippen LogP contribution in [0.3, 0.4) is 0 Å². The molecule has 0 spiro atoms. The van der Waals surface area contributed by atoms with Crippen molar-refractivity contribution in [3.63, 3.8) is 0 Å². The van der Waals surface area contributed by atoms with Crippen molar-refractivity contribution in [1.29, 1.82) is 0 Å². The Kier molecular flexibility index (Phi) is 2.14. The van der Waals surface area contributed by atoms with Crippen molar-refractivity contribution in [3.05, 3.63) is 33.1 Å². The fraction of sp³-hybridized carbons (Fsp3) is 0. The molecule has 0 aliphatic heterocycles. The van der Waals surface area contributed by atoms with Gasteiger partial charge in [0.05, 0.1) is 9.95 Å². The van der Waals surface area contributed by atoms with E-state index in [9.17, 15) is 14.5 Å². The van der Waals surface area contributed by atoms with Crippen LogP contribution in [0.15, 0.2) is 12.1 Å². The maximum Gasteiger partial charge on any atom is 0.313 e. The van der Waals surface area contributed by atoms with Crippen LogP contribution < -0.4 is 0 Å². The highest BCUT2D eigenvalue weighted by Gasteiger charge is 2.19. The number of nitro benzene ring substituents is 1. The molecule has 1 aromatic rings. The van der Waals surface area contributed by atoms with Crippen molar-refractivity contribution < 1.29 is 14.4 Å². The highest BCUT2D eigenvalue weighted by atomic mass is 35.5. The maximum absolute atomic E-state index is 12.7. The topological polar surface area (TPSA) is 63.4 Å². The summed E-state index contributed by atoms with van der Waals surface area (Å²) >= 11 is 5.23. The Labute approximate surface area is 71.3 Å². The zero-order valence-electron chi connectivity index (χ0n) is 5.62. The van der Waals surface area contributed by atoms with Crippen molar-refractivity contribution in [2.75, 3.05) is 0 Å². The molecule has 0 radical (unpaired) electrons. The van der Waals surface area contributed by atoms with E-state index in [2.05, 4.69) is 0 Å². The van der Waals surface area contributed by atoms with Gasteiger partial charge >= 0.3 is 5.69 Å². The van der Waals surface area contributed by atoms with Crippen LogP contribution in [0.4, 0.5) is 10.1 Å². The molecule has 0 bridgehead atoms. The van der Waals surface area contributed by atoms with Crippen LogP contribution in [0.25, 0.3) is 0 Å². The molecule has 0 saturated carbocycles.